The Bertz CT molecular complexity index is 793. The number of rotatable bonds is 2. The molecule has 0 saturated carbocycles. The van der Waals surface area contributed by atoms with E-state index in [1.54, 1.807) is 24.5 Å². The number of aromatic nitrogens is 2. The van der Waals surface area contributed by atoms with E-state index < -0.39 is 11.7 Å². The van der Waals surface area contributed by atoms with Crippen molar-refractivity contribution in [3.05, 3.63) is 48.3 Å². The number of hydrogen-bond acceptors (Lipinski definition) is 2. The molecule has 3 aromatic rings. The Labute approximate surface area is 118 Å². The average molecular weight is 292 g/mol. The Morgan fingerprint density at radius 2 is 1.95 bits per heavy atom. The summed E-state index contributed by atoms with van der Waals surface area (Å²) >= 11 is 0. The molecule has 108 valence electrons. The smallest absolute Gasteiger partial charge is 0.416 e. The maximum Gasteiger partial charge on any atom is 0.416 e. The SMILES string of the molecule is COc1cnccc1-c1cc2cc(C(F)(F)F)ccc2[nH]1. The van der Waals surface area contributed by atoms with E-state index in [1.165, 1.54) is 13.2 Å². The number of pyridine rings is 1. The van der Waals surface area contributed by atoms with Crippen LogP contribution in [0.15, 0.2) is 42.7 Å². The molecular formula is C15H11F3N2O. The van der Waals surface area contributed by atoms with Crippen LogP contribution in [0.2, 0.25) is 0 Å². The van der Waals surface area contributed by atoms with Gasteiger partial charge in [0.1, 0.15) is 5.75 Å². The van der Waals surface area contributed by atoms with Crippen LogP contribution in [-0.4, -0.2) is 17.1 Å². The highest BCUT2D eigenvalue weighted by molar-refractivity contribution is 5.87. The number of halogens is 3. The van der Waals surface area contributed by atoms with Crippen LogP contribution in [0.4, 0.5) is 13.2 Å². The summed E-state index contributed by atoms with van der Waals surface area (Å²) < 4.78 is 43.4. The third-order valence-corrected chi connectivity index (χ3v) is 3.24. The third-order valence-electron chi connectivity index (χ3n) is 3.24. The molecule has 0 amide bonds. The first-order valence-electron chi connectivity index (χ1n) is 6.17. The molecule has 0 unspecified atom stereocenters. The zero-order valence-electron chi connectivity index (χ0n) is 11.0. The number of methoxy groups -OCH3 is 1. The van der Waals surface area contributed by atoms with Crippen LogP contribution in [0, 0.1) is 0 Å². The van der Waals surface area contributed by atoms with Crippen molar-refractivity contribution >= 4 is 10.9 Å². The lowest BCUT2D eigenvalue weighted by molar-refractivity contribution is -0.137. The van der Waals surface area contributed by atoms with Gasteiger partial charge in [-0.1, -0.05) is 0 Å². The Morgan fingerprint density at radius 1 is 1.14 bits per heavy atom. The summed E-state index contributed by atoms with van der Waals surface area (Å²) in [5.74, 6) is 0.556. The van der Waals surface area contributed by atoms with Gasteiger partial charge >= 0.3 is 6.18 Å². The van der Waals surface area contributed by atoms with E-state index in [2.05, 4.69) is 9.97 Å². The quantitative estimate of drug-likeness (QED) is 0.766. The fourth-order valence-electron chi connectivity index (χ4n) is 2.22. The van der Waals surface area contributed by atoms with Crippen molar-refractivity contribution in [2.24, 2.45) is 0 Å². The Hall–Kier alpha value is -2.50. The normalized spacial score (nSPS) is 11.8. The second kappa shape index (κ2) is 4.80. The summed E-state index contributed by atoms with van der Waals surface area (Å²) in [6, 6.07) is 7.03. The van der Waals surface area contributed by atoms with E-state index in [9.17, 15) is 13.2 Å². The lowest BCUT2D eigenvalue weighted by Crippen LogP contribution is -2.03. The second-order valence-corrected chi connectivity index (χ2v) is 4.56. The van der Waals surface area contributed by atoms with Crippen LogP contribution in [0.5, 0.6) is 5.75 Å². The van der Waals surface area contributed by atoms with Crippen molar-refractivity contribution in [3.8, 4) is 17.0 Å². The van der Waals surface area contributed by atoms with Gasteiger partial charge in [-0.2, -0.15) is 13.2 Å². The van der Waals surface area contributed by atoms with Gasteiger partial charge in [-0.25, -0.2) is 0 Å². The molecule has 0 spiro atoms. The van der Waals surface area contributed by atoms with Crippen LogP contribution in [0.25, 0.3) is 22.2 Å². The van der Waals surface area contributed by atoms with Crippen LogP contribution < -0.4 is 4.74 Å². The monoisotopic (exact) mass is 292 g/mol. The van der Waals surface area contributed by atoms with Gasteiger partial charge < -0.3 is 9.72 Å². The number of H-pyrrole nitrogens is 1. The molecule has 0 aliphatic rings. The summed E-state index contributed by atoms with van der Waals surface area (Å²) in [4.78, 5) is 7.04. The molecule has 0 saturated heterocycles. The molecule has 0 aliphatic carbocycles. The molecule has 3 rings (SSSR count). The molecule has 0 atom stereocenters. The molecule has 21 heavy (non-hydrogen) atoms. The zero-order chi connectivity index (χ0) is 15.0. The van der Waals surface area contributed by atoms with E-state index >= 15 is 0 Å². The van der Waals surface area contributed by atoms with Gasteiger partial charge in [0.15, 0.2) is 0 Å². The third kappa shape index (κ3) is 2.44. The fourth-order valence-corrected chi connectivity index (χ4v) is 2.22. The Balaban J connectivity index is 2.13. The number of nitrogens with one attached hydrogen (secondary N) is 1. The lowest BCUT2D eigenvalue weighted by atomic mass is 10.1. The molecule has 1 aromatic carbocycles. The summed E-state index contributed by atoms with van der Waals surface area (Å²) in [6.45, 7) is 0. The van der Waals surface area contributed by atoms with E-state index in [-0.39, 0.29) is 0 Å². The lowest BCUT2D eigenvalue weighted by Gasteiger charge is -2.05. The highest BCUT2D eigenvalue weighted by Crippen LogP contribution is 2.34. The molecule has 2 heterocycles. The number of hydrogen-bond donors (Lipinski definition) is 1. The first-order chi connectivity index (χ1) is 9.99. The van der Waals surface area contributed by atoms with Gasteiger partial charge in [0.05, 0.1) is 24.6 Å². The number of alkyl halides is 3. The molecular weight excluding hydrogens is 281 g/mol. The van der Waals surface area contributed by atoms with Crippen molar-refractivity contribution < 1.29 is 17.9 Å². The minimum atomic E-state index is -4.35. The van der Waals surface area contributed by atoms with Crippen LogP contribution in [0.1, 0.15) is 5.56 Å². The number of fused-ring (bicyclic) bond motifs is 1. The molecule has 3 nitrogen and oxygen atoms in total. The van der Waals surface area contributed by atoms with Gasteiger partial charge in [-0.05, 0) is 30.3 Å². The number of ether oxygens (including phenoxy) is 1. The van der Waals surface area contributed by atoms with Gasteiger partial charge in [-0.15, -0.1) is 0 Å². The second-order valence-electron chi connectivity index (χ2n) is 4.56. The van der Waals surface area contributed by atoms with E-state index in [1.807, 2.05) is 0 Å². The topological polar surface area (TPSA) is 37.9 Å². The minimum absolute atomic E-state index is 0.499. The first kappa shape index (κ1) is 13.5. The van der Waals surface area contributed by atoms with Crippen molar-refractivity contribution in [1.82, 2.24) is 9.97 Å². The highest BCUT2D eigenvalue weighted by Gasteiger charge is 2.30. The van der Waals surface area contributed by atoms with Crippen LogP contribution >= 0.6 is 0 Å². The standard InChI is InChI=1S/C15H11F3N2O/c1-21-14-8-19-5-4-11(14)13-7-9-6-10(15(16,17)18)2-3-12(9)20-13/h2-8,20H,1H3. The number of nitrogens with zero attached hydrogens (tertiary/aromatic N) is 1. The summed E-state index contributed by atoms with van der Waals surface area (Å²) in [6.07, 6.45) is -1.19. The summed E-state index contributed by atoms with van der Waals surface area (Å²) in [5, 5.41) is 0.499. The van der Waals surface area contributed by atoms with Crippen molar-refractivity contribution in [1.29, 1.82) is 0 Å². The molecule has 1 N–H and O–H groups in total. The summed E-state index contributed by atoms with van der Waals surface area (Å²) in [7, 11) is 1.52. The highest BCUT2D eigenvalue weighted by atomic mass is 19.4. The minimum Gasteiger partial charge on any atom is -0.494 e. The van der Waals surface area contributed by atoms with Crippen molar-refractivity contribution in [2.75, 3.05) is 7.11 Å². The largest absolute Gasteiger partial charge is 0.494 e. The van der Waals surface area contributed by atoms with Crippen LogP contribution in [-0.2, 0) is 6.18 Å². The molecule has 6 heteroatoms. The average Bonchev–Trinajstić information content (AvgIpc) is 2.89. The maximum absolute atomic E-state index is 12.7. The fraction of sp³-hybridized carbons (Fsp3) is 0.133. The van der Waals surface area contributed by atoms with E-state index in [0.29, 0.717) is 22.3 Å². The Morgan fingerprint density at radius 3 is 2.67 bits per heavy atom. The van der Waals surface area contributed by atoms with E-state index in [0.717, 1.165) is 17.7 Å². The van der Waals surface area contributed by atoms with Crippen molar-refractivity contribution in [2.45, 2.75) is 6.18 Å². The number of aromatic amines is 1. The maximum atomic E-state index is 12.7. The number of benzene rings is 1. The molecule has 0 aliphatic heterocycles. The Kier molecular flexibility index (Phi) is 3.08. The zero-order valence-corrected chi connectivity index (χ0v) is 11.0. The predicted octanol–water partition coefficient (Wildman–Crippen LogP) is 4.26. The predicted molar refractivity (Wildman–Crippen MR) is 73.1 cm³/mol. The molecule has 0 fully saturated rings. The summed E-state index contributed by atoms with van der Waals surface area (Å²) in [5.41, 5.74) is 1.40. The molecule has 0 radical (unpaired) electrons. The molecule has 2 aromatic heterocycles. The first-order valence-corrected chi connectivity index (χ1v) is 6.17. The van der Waals surface area contributed by atoms with Crippen molar-refractivity contribution in [3.63, 3.8) is 0 Å². The van der Waals surface area contributed by atoms with E-state index in [4.69, 9.17) is 4.74 Å². The van der Waals surface area contributed by atoms with Gasteiger partial charge in [0.25, 0.3) is 0 Å². The van der Waals surface area contributed by atoms with Gasteiger partial charge in [0.2, 0.25) is 0 Å². The van der Waals surface area contributed by atoms with Crippen LogP contribution in [0.3, 0.4) is 0 Å². The molecule has 0 bridgehead atoms. The van der Waals surface area contributed by atoms with Gasteiger partial charge in [0, 0.05) is 22.7 Å². The van der Waals surface area contributed by atoms with Gasteiger partial charge in [-0.3, -0.25) is 4.98 Å².